The molecular formula is C17H22. The summed E-state index contributed by atoms with van der Waals surface area (Å²) in [4.78, 5) is 0. The SMILES string of the molecule is C=C(/C=C\C(C)=C(C)C)c1ccc(C)c(C)c1. The Labute approximate surface area is 105 Å². The Balaban J connectivity index is 2.91. The number of hydrogen-bond donors (Lipinski definition) is 0. The van der Waals surface area contributed by atoms with E-state index in [0.29, 0.717) is 0 Å². The molecule has 0 N–H and O–H groups in total. The van der Waals surface area contributed by atoms with Crippen molar-refractivity contribution in [2.75, 3.05) is 0 Å². The largest absolute Gasteiger partial charge is 0.0912 e. The maximum atomic E-state index is 4.12. The van der Waals surface area contributed by atoms with Crippen LogP contribution in [0.3, 0.4) is 0 Å². The monoisotopic (exact) mass is 226 g/mol. The fourth-order valence-corrected chi connectivity index (χ4v) is 1.43. The highest BCUT2D eigenvalue weighted by atomic mass is 14.0. The molecule has 0 saturated carbocycles. The minimum absolute atomic E-state index is 1.06. The number of rotatable bonds is 3. The van der Waals surface area contributed by atoms with Crippen molar-refractivity contribution in [1.29, 1.82) is 0 Å². The van der Waals surface area contributed by atoms with E-state index in [1.165, 1.54) is 27.8 Å². The first-order chi connectivity index (χ1) is 7.91. The number of aryl methyl sites for hydroxylation is 2. The molecule has 90 valence electrons. The summed E-state index contributed by atoms with van der Waals surface area (Å²) in [5.74, 6) is 0. The van der Waals surface area contributed by atoms with Gasteiger partial charge >= 0.3 is 0 Å². The molecule has 0 spiro atoms. The van der Waals surface area contributed by atoms with Crippen LogP contribution >= 0.6 is 0 Å². The minimum atomic E-state index is 1.06. The fraction of sp³-hybridized carbons (Fsp3) is 0.294. The molecule has 0 nitrogen and oxygen atoms in total. The van der Waals surface area contributed by atoms with Crippen LogP contribution in [0.15, 0.2) is 48.1 Å². The van der Waals surface area contributed by atoms with E-state index >= 15 is 0 Å². The Morgan fingerprint density at radius 2 is 1.65 bits per heavy atom. The third-order valence-electron chi connectivity index (χ3n) is 3.20. The summed E-state index contributed by atoms with van der Waals surface area (Å²) >= 11 is 0. The third kappa shape index (κ3) is 3.74. The zero-order valence-corrected chi connectivity index (χ0v) is 11.6. The highest BCUT2D eigenvalue weighted by Crippen LogP contribution is 2.18. The van der Waals surface area contributed by atoms with Crippen LogP contribution in [-0.2, 0) is 0 Å². The van der Waals surface area contributed by atoms with Gasteiger partial charge in [-0.1, -0.05) is 48.1 Å². The average Bonchev–Trinajstić information content (AvgIpc) is 2.28. The molecule has 0 saturated heterocycles. The van der Waals surface area contributed by atoms with Crippen LogP contribution in [0, 0.1) is 13.8 Å². The van der Waals surface area contributed by atoms with E-state index in [1.807, 2.05) is 0 Å². The van der Waals surface area contributed by atoms with Crippen molar-refractivity contribution in [3.05, 3.63) is 64.8 Å². The average molecular weight is 226 g/mol. The zero-order valence-electron chi connectivity index (χ0n) is 11.6. The summed E-state index contributed by atoms with van der Waals surface area (Å²) in [5.41, 5.74) is 7.55. The molecule has 1 rings (SSSR count). The molecule has 17 heavy (non-hydrogen) atoms. The van der Waals surface area contributed by atoms with Crippen LogP contribution in [0.2, 0.25) is 0 Å². The molecule has 0 heteroatoms. The molecular weight excluding hydrogens is 204 g/mol. The van der Waals surface area contributed by atoms with E-state index in [1.54, 1.807) is 0 Å². The van der Waals surface area contributed by atoms with Crippen molar-refractivity contribution >= 4 is 5.57 Å². The molecule has 0 aliphatic carbocycles. The molecule has 0 bridgehead atoms. The van der Waals surface area contributed by atoms with E-state index in [0.717, 1.165) is 5.57 Å². The van der Waals surface area contributed by atoms with Crippen LogP contribution in [0.1, 0.15) is 37.5 Å². The van der Waals surface area contributed by atoms with E-state index in [9.17, 15) is 0 Å². The van der Waals surface area contributed by atoms with Crippen molar-refractivity contribution in [1.82, 2.24) is 0 Å². The third-order valence-corrected chi connectivity index (χ3v) is 3.20. The summed E-state index contributed by atoms with van der Waals surface area (Å²) in [6, 6.07) is 6.48. The molecule has 0 atom stereocenters. The summed E-state index contributed by atoms with van der Waals surface area (Å²) in [6.07, 6.45) is 4.22. The summed E-state index contributed by atoms with van der Waals surface area (Å²) < 4.78 is 0. The Kier molecular flexibility index (Phi) is 4.51. The summed E-state index contributed by atoms with van der Waals surface area (Å²) in [6.45, 7) is 14.8. The molecule has 0 aromatic heterocycles. The summed E-state index contributed by atoms with van der Waals surface area (Å²) in [7, 11) is 0. The first-order valence-electron chi connectivity index (χ1n) is 6.00. The van der Waals surface area contributed by atoms with Gasteiger partial charge in [0.2, 0.25) is 0 Å². The van der Waals surface area contributed by atoms with Gasteiger partial charge < -0.3 is 0 Å². The van der Waals surface area contributed by atoms with Gasteiger partial charge in [0.15, 0.2) is 0 Å². The Bertz CT molecular complexity index is 481. The lowest BCUT2D eigenvalue weighted by molar-refractivity contribution is 1.29. The second-order valence-electron chi connectivity index (χ2n) is 4.84. The van der Waals surface area contributed by atoms with Crippen molar-refractivity contribution in [3.63, 3.8) is 0 Å². The lowest BCUT2D eigenvalue weighted by Gasteiger charge is -2.05. The van der Waals surface area contributed by atoms with Gasteiger partial charge in [-0.15, -0.1) is 0 Å². The highest BCUT2D eigenvalue weighted by molar-refractivity contribution is 5.73. The van der Waals surface area contributed by atoms with Gasteiger partial charge in [-0.3, -0.25) is 0 Å². The van der Waals surface area contributed by atoms with E-state index in [2.05, 4.69) is 71.5 Å². The Morgan fingerprint density at radius 1 is 1.00 bits per heavy atom. The quantitative estimate of drug-likeness (QED) is 0.619. The van der Waals surface area contributed by atoms with Gasteiger partial charge in [0.25, 0.3) is 0 Å². The maximum Gasteiger partial charge on any atom is -0.0187 e. The standard InChI is InChI=1S/C17H22/c1-12(2)13(3)7-8-15(5)17-10-9-14(4)16(6)11-17/h7-11H,5H2,1-4,6H3/b8-7-. The van der Waals surface area contributed by atoms with Crippen molar-refractivity contribution in [2.45, 2.75) is 34.6 Å². The van der Waals surface area contributed by atoms with Gasteiger partial charge in [0.1, 0.15) is 0 Å². The van der Waals surface area contributed by atoms with Gasteiger partial charge in [-0.25, -0.2) is 0 Å². The predicted molar refractivity (Wildman–Crippen MR) is 78.1 cm³/mol. The van der Waals surface area contributed by atoms with Crippen LogP contribution in [-0.4, -0.2) is 0 Å². The second-order valence-corrected chi connectivity index (χ2v) is 4.84. The minimum Gasteiger partial charge on any atom is -0.0912 e. The van der Waals surface area contributed by atoms with Crippen molar-refractivity contribution in [3.8, 4) is 0 Å². The molecule has 0 amide bonds. The van der Waals surface area contributed by atoms with E-state index in [-0.39, 0.29) is 0 Å². The molecule has 0 radical (unpaired) electrons. The van der Waals surface area contributed by atoms with Crippen molar-refractivity contribution in [2.24, 2.45) is 0 Å². The molecule has 0 fully saturated rings. The normalized spacial score (nSPS) is 10.6. The number of benzene rings is 1. The second kappa shape index (κ2) is 5.67. The first-order valence-corrected chi connectivity index (χ1v) is 6.00. The zero-order chi connectivity index (χ0) is 13.0. The lowest BCUT2D eigenvalue weighted by Crippen LogP contribution is -1.85. The summed E-state index contributed by atoms with van der Waals surface area (Å²) in [5, 5.41) is 0. The Hall–Kier alpha value is -1.56. The molecule has 0 heterocycles. The van der Waals surface area contributed by atoms with Crippen LogP contribution in [0.4, 0.5) is 0 Å². The molecule has 0 aliphatic heterocycles. The Morgan fingerprint density at radius 3 is 2.18 bits per heavy atom. The molecule has 0 aliphatic rings. The predicted octanol–water partition coefficient (Wildman–Crippen LogP) is 5.23. The lowest BCUT2D eigenvalue weighted by atomic mass is 10.0. The molecule has 1 aromatic carbocycles. The first kappa shape index (κ1) is 13.5. The van der Waals surface area contributed by atoms with Gasteiger partial charge in [-0.2, -0.15) is 0 Å². The van der Waals surface area contributed by atoms with Crippen molar-refractivity contribution < 1.29 is 0 Å². The van der Waals surface area contributed by atoms with E-state index in [4.69, 9.17) is 0 Å². The smallest absolute Gasteiger partial charge is 0.0187 e. The van der Waals surface area contributed by atoms with E-state index < -0.39 is 0 Å². The van der Waals surface area contributed by atoms with Crippen LogP contribution in [0.5, 0.6) is 0 Å². The van der Waals surface area contributed by atoms with Crippen LogP contribution < -0.4 is 0 Å². The maximum absolute atomic E-state index is 4.12. The molecule has 0 unspecified atom stereocenters. The van der Waals surface area contributed by atoms with Crippen LogP contribution in [0.25, 0.3) is 5.57 Å². The van der Waals surface area contributed by atoms with Gasteiger partial charge in [0, 0.05) is 0 Å². The highest BCUT2D eigenvalue weighted by Gasteiger charge is 1.98. The van der Waals surface area contributed by atoms with Gasteiger partial charge in [0.05, 0.1) is 0 Å². The number of hydrogen-bond acceptors (Lipinski definition) is 0. The number of allylic oxidation sites excluding steroid dienone is 5. The topological polar surface area (TPSA) is 0 Å². The molecule has 1 aromatic rings. The fourth-order valence-electron chi connectivity index (χ4n) is 1.43. The van der Waals surface area contributed by atoms with Gasteiger partial charge in [-0.05, 0) is 56.9 Å².